The van der Waals surface area contributed by atoms with Gasteiger partial charge in [0.25, 0.3) is 0 Å². The van der Waals surface area contributed by atoms with E-state index in [-0.39, 0.29) is 47.4 Å². The molecule has 0 spiro atoms. The summed E-state index contributed by atoms with van der Waals surface area (Å²) in [7, 11) is 1.45. The molecule has 7 heteroatoms. The van der Waals surface area contributed by atoms with Gasteiger partial charge in [0.2, 0.25) is 0 Å². The van der Waals surface area contributed by atoms with E-state index in [9.17, 15) is 14.7 Å². The molecule has 3 unspecified atom stereocenters. The minimum absolute atomic E-state index is 0.0569. The maximum Gasteiger partial charge on any atom is 0.346 e. The molecule has 4 atom stereocenters. The van der Waals surface area contributed by atoms with E-state index in [1.165, 1.54) is 7.11 Å². The number of carbonyl (C=O) groups excluding carboxylic acids is 2. The third kappa shape index (κ3) is 4.48. The number of benzene rings is 2. The van der Waals surface area contributed by atoms with Gasteiger partial charge in [-0.15, -0.1) is 0 Å². The topological polar surface area (TPSA) is 91.3 Å². The number of carbonyl (C=O) groups is 2. The van der Waals surface area contributed by atoms with Crippen molar-refractivity contribution >= 4 is 11.9 Å². The molecule has 0 amide bonds. The van der Waals surface area contributed by atoms with Crippen LogP contribution >= 0.6 is 0 Å². The number of allylic oxidation sites excluding steroid dienone is 2. The van der Waals surface area contributed by atoms with Gasteiger partial charge in [0.1, 0.15) is 23.7 Å². The first kappa shape index (κ1) is 24.4. The fourth-order valence-corrected chi connectivity index (χ4v) is 5.59. The SMILES string of the molecule is COc1c([C@@H](O)CC(C)C)ccc2c1C(=O)OCc1cc(C)cc(OC(=O)C3CC4C=CC3C4)c1O2. The smallest absolute Gasteiger partial charge is 0.346 e. The van der Waals surface area contributed by atoms with Gasteiger partial charge in [-0.1, -0.05) is 26.0 Å². The standard InChI is InChI=1S/C29H32O7/c1-15(2)9-22(30)20-7-8-23-25(27(20)33-4)29(32)34-14-19-10-16(3)11-24(26(19)35-23)36-28(31)21-13-17-5-6-18(21)12-17/h5-8,10-11,15,17-18,21-22,30H,9,12-14H2,1-4H3/t17?,18?,21?,22-/m0/s1. The highest BCUT2D eigenvalue weighted by Gasteiger charge is 2.41. The van der Waals surface area contributed by atoms with Crippen molar-refractivity contribution in [2.75, 3.05) is 7.11 Å². The third-order valence-electron chi connectivity index (χ3n) is 7.25. The van der Waals surface area contributed by atoms with Crippen LogP contribution in [0.2, 0.25) is 0 Å². The lowest BCUT2D eigenvalue weighted by Gasteiger charge is -2.25. The van der Waals surface area contributed by atoms with E-state index < -0.39 is 12.1 Å². The monoisotopic (exact) mass is 492 g/mol. The molecule has 2 bridgehead atoms. The van der Waals surface area contributed by atoms with Crippen LogP contribution in [0.15, 0.2) is 36.4 Å². The Morgan fingerprint density at radius 1 is 1.19 bits per heavy atom. The molecule has 2 aromatic rings. The maximum atomic E-state index is 13.1. The molecule has 1 N–H and O–H groups in total. The first-order valence-corrected chi connectivity index (χ1v) is 12.5. The molecule has 3 aliphatic rings. The Morgan fingerprint density at radius 2 is 2.00 bits per heavy atom. The van der Waals surface area contributed by atoms with Gasteiger partial charge in [0, 0.05) is 11.1 Å². The number of aliphatic hydroxyl groups excluding tert-OH is 1. The quantitative estimate of drug-likeness (QED) is 0.316. The van der Waals surface area contributed by atoms with Gasteiger partial charge in [-0.2, -0.15) is 0 Å². The Hall–Kier alpha value is -3.32. The van der Waals surface area contributed by atoms with Crippen molar-refractivity contribution in [1.82, 2.24) is 0 Å². The lowest BCUT2D eigenvalue weighted by atomic mass is 9.94. The number of methoxy groups -OCH3 is 1. The second kappa shape index (κ2) is 9.62. The number of rotatable bonds is 6. The van der Waals surface area contributed by atoms with Crippen LogP contribution in [-0.4, -0.2) is 24.2 Å². The highest BCUT2D eigenvalue weighted by molar-refractivity contribution is 5.97. The Balaban J connectivity index is 1.52. The summed E-state index contributed by atoms with van der Waals surface area (Å²) < 4.78 is 23.4. The van der Waals surface area contributed by atoms with Gasteiger partial charge in [0.15, 0.2) is 11.5 Å². The van der Waals surface area contributed by atoms with Crippen LogP contribution in [0.5, 0.6) is 23.0 Å². The average molecular weight is 493 g/mol. The van der Waals surface area contributed by atoms with Crippen molar-refractivity contribution in [3.63, 3.8) is 0 Å². The molecule has 0 aromatic heterocycles. The Bertz CT molecular complexity index is 1230. The van der Waals surface area contributed by atoms with Gasteiger partial charge >= 0.3 is 11.9 Å². The number of ether oxygens (including phenoxy) is 4. The molecule has 2 aliphatic carbocycles. The number of cyclic esters (lactones) is 1. The maximum absolute atomic E-state index is 13.1. The van der Waals surface area contributed by atoms with E-state index >= 15 is 0 Å². The third-order valence-corrected chi connectivity index (χ3v) is 7.25. The molecule has 190 valence electrons. The van der Waals surface area contributed by atoms with Crippen molar-refractivity contribution in [3.8, 4) is 23.0 Å². The van der Waals surface area contributed by atoms with Crippen molar-refractivity contribution in [3.05, 3.63) is 58.7 Å². The van der Waals surface area contributed by atoms with E-state index in [2.05, 4.69) is 12.2 Å². The summed E-state index contributed by atoms with van der Waals surface area (Å²) >= 11 is 0. The fourth-order valence-electron chi connectivity index (χ4n) is 5.59. The summed E-state index contributed by atoms with van der Waals surface area (Å²) in [6, 6.07) is 6.93. The molecule has 5 rings (SSSR count). The molecule has 1 saturated carbocycles. The molecule has 1 heterocycles. The Labute approximate surface area is 211 Å². The van der Waals surface area contributed by atoms with Gasteiger partial charge in [-0.25, -0.2) is 4.79 Å². The van der Waals surface area contributed by atoms with Crippen molar-refractivity contribution < 1.29 is 33.6 Å². The van der Waals surface area contributed by atoms with Crippen molar-refractivity contribution in [2.24, 2.45) is 23.7 Å². The first-order chi connectivity index (χ1) is 17.2. The second-order valence-corrected chi connectivity index (χ2v) is 10.4. The minimum Gasteiger partial charge on any atom is -0.495 e. The largest absolute Gasteiger partial charge is 0.495 e. The van der Waals surface area contributed by atoms with Crippen LogP contribution in [0.3, 0.4) is 0 Å². The van der Waals surface area contributed by atoms with Crippen LogP contribution in [0.1, 0.15) is 66.3 Å². The predicted molar refractivity (Wildman–Crippen MR) is 132 cm³/mol. The summed E-state index contributed by atoms with van der Waals surface area (Å²) in [5.41, 5.74) is 2.05. The fraction of sp³-hybridized carbons (Fsp3) is 0.448. The minimum atomic E-state index is -0.814. The van der Waals surface area contributed by atoms with E-state index in [4.69, 9.17) is 18.9 Å². The molecule has 0 saturated heterocycles. The van der Waals surface area contributed by atoms with E-state index in [0.717, 1.165) is 18.4 Å². The molecular formula is C29H32O7. The van der Waals surface area contributed by atoms with Gasteiger partial charge in [-0.3, -0.25) is 4.79 Å². The molecule has 36 heavy (non-hydrogen) atoms. The first-order valence-electron chi connectivity index (χ1n) is 12.5. The second-order valence-electron chi connectivity index (χ2n) is 10.4. The number of aryl methyl sites for hydroxylation is 1. The van der Waals surface area contributed by atoms with Gasteiger partial charge in [-0.05, 0) is 73.8 Å². The van der Waals surface area contributed by atoms with Crippen LogP contribution in [0.25, 0.3) is 0 Å². The van der Waals surface area contributed by atoms with Crippen LogP contribution in [-0.2, 0) is 16.1 Å². The van der Waals surface area contributed by atoms with Crippen LogP contribution < -0.4 is 14.2 Å². The van der Waals surface area contributed by atoms with E-state index in [1.807, 2.05) is 26.8 Å². The number of hydrogen-bond donors (Lipinski definition) is 1. The summed E-state index contributed by atoms with van der Waals surface area (Å²) in [6.45, 7) is 5.85. The average Bonchev–Trinajstić information content (AvgIpc) is 3.46. The summed E-state index contributed by atoms with van der Waals surface area (Å²) in [6.07, 6.45) is 5.79. The lowest BCUT2D eigenvalue weighted by Crippen LogP contribution is -2.24. The van der Waals surface area contributed by atoms with Crippen molar-refractivity contribution in [2.45, 2.75) is 52.7 Å². The van der Waals surface area contributed by atoms with Gasteiger partial charge in [0.05, 0.1) is 19.1 Å². The zero-order chi connectivity index (χ0) is 25.6. The zero-order valence-electron chi connectivity index (χ0n) is 21.1. The van der Waals surface area contributed by atoms with Crippen LogP contribution in [0, 0.1) is 30.6 Å². The van der Waals surface area contributed by atoms with Crippen LogP contribution in [0.4, 0.5) is 0 Å². The Morgan fingerprint density at radius 3 is 2.67 bits per heavy atom. The van der Waals surface area contributed by atoms with E-state index in [0.29, 0.717) is 35.0 Å². The molecule has 2 aromatic carbocycles. The number of hydrogen-bond acceptors (Lipinski definition) is 7. The number of fused-ring (bicyclic) bond motifs is 4. The molecule has 1 fully saturated rings. The predicted octanol–water partition coefficient (Wildman–Crippen LogP) is 5.66. The zero-order valence-corrected chi connectivity index (χ0v) is 21.1. The molecular weight excluding hydrogens is 460 g/mol. The number of esters is 2. The lowest BCUT2D eigenvalue weighted by molar-refractivity contribution is -0.139. The molecule has 0 radical (unpaired) electrons. The summed E-state index contributed by atoms with van der Waals surface area (Å²) in [4.78, 5) is 26.2. The summed E-state index contributed by atoms with van der Waals surface area (Å²) in [5.74, 6) is 0.917. The molecule has 1 aliphatic heterocycles. The highest BCUT2D eigenvalue weighted by atomic mass is 16.6. The van der Waals surface area contributed by atoms with E-state index in [1.54, 1.807) is 18.2 Å². The normalized spacial score (nSPS) is 22.7. The van der Waals surface area contributed by atoms with Gasteiger partial charge < -0.3 is 24.1 Å². The summed E-state index contributed by atoms with van der Waals surface area (Å²) in [5, 5.41) is 10.8. The molecule has 7 nitrogen and oxygen atoms in total. The number of aliphatic hydroxyl groups is 1. The van der Waals surface area contributed by atoms with Crippen molar-refractivity contribution in [1.29, 1.82) is 0 Å². The Kier molecular flexibility index (Phi) is 6.51. The highest BCUT2D eigenvalue weighted by Crippen LogP contribution is 2.47.